The average Bonchev–Trinajstić information content (AvgIpc) is 2.64. The van der Waals surface area contributed by atoms with Gasteiger partial charge in [-0.05, 0) is 33.1 Å². The number of carbonyl (C=O) groups is 1. The molecule has 1 aliphatic rings. The molecule has 0 spiro atoms. The van der Waals surface area contributed by atoms with Gasteiger partial charge in [0.1, 0.15) is 0 Å². The number of carbonyl (C=O) groups excluding carboxylic acids is 1. The molecule has 1 fully saturated rings. The summed E-state index contributed by atoms with van der Waals surface area (Å²) in [5.74, 6) is 0.811. The van der Waals surface area contributed by atoms with E-state index in [0.29, 0.717) is 45.2 Å². The molecule has 0 aromatic heterocycles. The van der Waals surface area contributed by atoms with Crippen LogP contribution in [-0.2, 0) is 14.8 Å². The van der Waals surface area contributed by atoms with Crippen molar-refractivity contribution < 1.29 is 17.9 Å². The van der Waals surface area contributed by atoms with Crippen molar-refractivity contribution in [1.29, 1.82) is 0 Å². The van der Waals surface area contributed by atoms with E-state index in [4.69, 9.17) is 4.74 Å². The fraction of sp³-hybridized carbons (Fsp3) is 0.875. The van der Waals surface area contributed by atoms with Crippen LogP contribution in [-0.4, -0.2) is 88.4 Å². The second kappa shape index (κ2) is 11.2. The molecule has 9 nitrogen and oxygen atoms in total. The molecule has 0 aromatic rings. The monoisotopic (exact) mass is 391 g/mol. The lowest BCUT2D eigenvalue weighted by Crippen LogP contribution is -2.50. The number of sulfonamides is 1. The molecule has 0 aromatic carbocycles. The topological polar surface area (TPSA) is 103 Å². The molecule has 1 heterocycles. The minimum Gasteiger partial charge on any atom is -0.450 e. The number of guanidine groups is 1. The van der Waals surface area contributed by atoms with Crippen LogP contribution in [0.3, 0.4) is 0 Å². The summed E-state index contributed by atoms with van der Waals surface area (Å²) in [7, 11) is 0.179. The number of nitrogens with zero attached hydrogens (tertiary/aromatic N) is 3. The van der Waals surface area contributed by atoms with Gasteiger partial charge >= 0.3 is 6.09 Å². The van der Waals surface area contributed by atoms with Crippen LogP contribution >= 0.6 is 0 Å². The van der Waals surface area contributed by atoms with E-state index >= 15 is 0 Å². The van der Waals surface area contributed by atoms with Gasteiger partial charge in [0, 0.05) is 46.3 Å². The number of hydrogen-bond donors (Lipinski definition) is 2. The van der Waals surface area contributed by atoms with Crippen molar-refractivity contribution >= 4 is 22.1 Å². The fourth-order valence-corrected chi connectivity index (χ4v) is 3.53. The van der Waals surface area contributed by atoms with Crippen molar-refractivity contribution in [2.75, 3.05) is 52.6 Å². The van der Waals surface area contributed by atoms with Crippen molar-refractivity contribution in [3.05, 3.63) is 0 Å². The lowest BCUT2D eigenvalue weighted by Gasteiger charge is -2.32. The Morgan fingerprint density at radius 3 is 2.50 bits per heavy atom. The highest BCUT2D eigenvalue weighted by Gasteiger charge is 2.24. The predicted octanol–water partition coefficient (Wildman–Crippen LogP) is 0.444. The van der Waals surface area contributed by atoms with E-state index in [1.807, 2.05) is 0 Å². The summed E-state index contributed by atoms with van der Waals surface area (Å²) in [6.07, 6.45) is 2.10. The molecule has 26 heavy (non-hydrogen) atoms. The molecule has 152 valence electrons. The largest absolute Gasteiger partial charge is 0.450 e. The first-order valence-electron chi connectivity index (χ1n) is 9.16. The Morgan fingerprint density at radius 1 is 1.31 bits per heavy atom. The van der Waals surface area contributed by atoms with Gasteiger partial charge in [-0.1, -0.05) is 0 Å². The summed E-state index contributed by atoms with van der Waals surface area (Å²) < 4.78 is 29.8. The number of likely N-dealkylation sites (tertiary alicyclic amines) is 1. The highest BCUT2D eigenvalue weighted by atomic mass is 32.2. The smallest absolute Gasteiger partial charge is 0.409 e. The highest BCUT2D eigenvalue weighted by Crippen LogP contribution is 2.11. The summed E-state index contributed by atoms with van der Waals surface area (Å²) in [5.41, 5.74) is 0. The van der Waals surface area contributed by atoms with Gasteiger partial charge in [0.05, 0.1) is 12.4 Å². The summed E-state index contributed by atoms with van der Waals surface area (Å²) in [4.78, 5) is 17.6. The minimum atomic E-state index is -3.13. The summed E-state index contributed by atoms with van der Waals surface area (Å²) >= 11 is 0. The van der Waals surface area contributed by atoms with Crippen LogP contribution in [0.15, 0.2) is 4.99 Å². The van der Waals surface area contributed by atoms with Gasteiger partial charge < -0.3 is 20.3 Å². The molecule has 0 unspecified atom stereocenters. The molecule has 0 bridgehead atoms. The number of ether oxygens (including phenoxy) is 1. The van der Waals surface area contributed by atoms with E-state index in [9.17, 15) is 13.2 Å². The fourth-order valence-electron chi connectivity index (χ4n) is 2.68. The Kier molecular flexibility index (Phi) is 9.71. The number of aliphatic imine (C=N–C) groups is 1. The summed E-state index contributed by atoms with van der Waals surface area (Å²) in [6.45, 7) is 6.26. The van der Waals surface area contributed by atoms with Crippen LogP contribution < -0.4 is 10.6 Å². The molecule has 1 aliphatic heterocycles. The first-order chi connectivity index (χ1) is 12.3. The van der Waals surface area contributed by atoms with Crippen molar-refractivity contribution in [3.8, 4) is 0 Å². The maximum absolute atomic E-state index is 11.7. The maximum atomic E-state index is 11.7. The van der Waals surface area contributed by atoms with Gasteiger partial charge in [0.15, 0.2) is 5.96 Å². The van der Waals surface area contributed by atoms with Gasteiger partial charge in [-0.2, -0.15) is 0 Å². The third-order valence-corrected chi connectivity index (χ3v) is 6.23. The summed E-state index contributed by atoms with van der Waals surface area (Å²) in [5, 5.41) is 6.56. The Balaban J connectivity index is 2.29. The number of rotatable bonds is 8. The lowest BCUT2D eigenvalue weighted by molar-refractivity contribution is 0.0963. The normalized spacial score (nSPS) is 16.7. The van der Waals surface area contributed by atoms with Crippen LogP contribution in [0.1, 0.15) is 33.1 Å². The van der Waals surface area contributed by atoms with E-state index in [-0.39, 0.29) is 17.9 Å². The SMILES string of the molecule is CCOC(=O)N1CCC(NC(=NC)NCCCN(C)S(=O)(=O)CC)CC1. The average molecular weight is 392 g/mol. The van der Waals surface area contributed by atoms with E-state index in [0.717, 1.165) is 12.8 Å². The number of piperidine rings is 1. The second-order valence-electron chi connectivity index (χ2n) is 6.18. The zero-order valence-electron chi connectivity index (χ0n) is 16.3. The molecule has 2 N–H and O–H groups in total. The van der Waals surface area contributed by atoms with Crippen molar-refractivity contribution in [1.82, 2.24) is 19.8 Å². The van der Waals surface area contributed by atoms with Crippen LogP contribution in [0.5, 0.6) is 0 Å². The predicted molar refractivity (Wildman–Crippen MR) is 103 cm³/mol. The Bertz CT molecular complexity index is 559. The zero-order valence-corrected chi connectivity index (χ0v) is 17.1. The Labute approximate surface area is 157 Å². The maximum Gasteiger partial charge on any atom is 0.409 e. The zero-order chi connectivity index (χ0) is 19.6. The minimum absolute atomic E-state index is 0.116. The molecule has 0 radical (unpaired) electrons. The number of amides is 1. The molecule has 0 saturated carbocycles. The van der Waals surface area contributed by atoms with Crippen molar-refractivity contribution in [2.24, 2.45) is 4.99 Å². The van der Waals surface area contributed by atoms with Gasteiger partial charge in [0.2, 0.25) is 10.0 Å². The number of nitrogens with one attached hydrogen (secondary N) is 2. The summed E-state index contributed by atoms with van der Waals surface area (Å²) in [6, 6.07) is 0.245. The van der Waals surface area contributed by atoms with Crippen molar-refractivity contribution in [3.63, 3.8) is 0 Å². The van der Waals surface area contributed by atoms with E-state index in [1.54, 1.807) is 32.8 Å². The molecular weight excluding hydrogens is 358 g/mol. The lowest BCUT2D eigenvalue weighted by atomic mass is 10.1. The second-order valence-corrected chi connectivity index (χ2v) is 8.54. The standard InChI is InChI=1S/C16H33N5O4S/c1-5-25-16(22)21-12-8-14(9-13-21)19-15(17-3)18-10-7-11-20(4)26(23,24)6-2/h14H,5-13H2,1-4H3,(H2,17,18,19). The molecule has 1 amide bonds. The van der Waals surface area contributed by atoms with E-state index in [1.165, 1.54) is 4.31 Å². The van der Waals surface area contributed by atoms with Crippen LogP contribution in [0.4, 0.5) is 4.79 Å². The highest BCUT2D eigenvalue weighted by molar-refractivity contribution is 7.89. The molecule has 1 rings (SSSR count). The molecular formula is C16H33N5O4S. The first-order valence-corrected chi connectivity index (χ1v) is 10.8. The quantitative estimate of drug-likeness (QED) is 0.354. The molecule has 0 aliphatic carbocycles. The van der Waals surface area contributed by atoms with Crippen molar-refractivity contribution in [2.45, 2.75) is 39.2 Å². The molecule has 10 heteroatoms. The van der Waals surface area contributed by atoms with E-state index < -0.39 is 10.0 Å². The molecule has 1 saturated heterocycles. The third-order valence-electron chi connectivity index (χ3n) is 4.37. The van der Waals surface area contributed by atoms with Crippen LogP contribution in [0, 0.1) is 0 Å². The van der Waals surface area contributed by atoms with Gasteiger partial charge in [-0.15, -0.1) is 0 Å². The number of hydrogen-bond acceptors (Lipinski definition) is 5. The molecule has 0 atom stereocenters. The Morgan fingerprint density at radius 2 is 1.96 bits per heavy atom. The van der Waals surface area contributed by atoms with Gasteiger partial charge in [-0.3, -0.25) is 4.99 Å². The van der Waals surface area contributed by atoms with Crippen LogP contribution in [0.2, 0.25) is 0 Å². The third kappa shape index (κ3) is 7.36. The van der Waals surface area contributed by atoms with Gasteiger partial charge in [-0.25, -0.2) is 17.5 Å². The van der Waals surface area contributed by atoms with E-state index in [2.05, 4.69) is 15.6 Å². The first kappa shape index (κ1) is 22.5. The van der Waals surface area contributed by atoms with Crippen LogP contribution in [0.25, 0.3) is 0 Å². The van der Waals surface area contributed by atoms with Gasteiger partial charge in [0.25, 0.3) is 0 Å². The Hall–Kier alpha value is -1.55.